The van der Waals surface area contributed by atoms with Crippen molar-refractivity contribution in [1.29, 1.82) is 0 Å². The number of hydrogen-bond acceptors (Lipinski definition) is 1. The lowest BCUT2D eigenvalue weighted by molar-refractivity contribution is -0.118. The van der Waals surface area contributed by atoms with Crippen LogP contribution in [-0.2, 0) is 10.2 Å². The van der Waals surface area contributed by atoms with Crippen molar-refractivity contribution in [2.75, 3.05) is 5.32 Å². The number of amides is 1. The molecule has 5 aromatic rings. The van der Waals surface area contributed by atoms with Crippen LogP contribution >= 0.6 is 31.9 Å². The molecule has 146 valence electrons. The summed E-state index contributed by atoms with van der Waals surface area (Å²) in [7, 11) is 0. The van der Waals surface area contributed by atoms with Gasteiger partial charge >= 0.3 is 0 Å². The first-order chi connectivity index (χ1) is 14.6. The molecule has 3 N–H and O–H groups in total. The van der Waals surface area contributed by atoms with E-state index in [1.165, 1.54) is 0 Å². The number of halogens is 2. The molecule has 3 heterocycles. The summed E-state index contributed by atoms with van der Waals surface area (Å²) in [6.07, 6.45) is 3.94. The molecule has 1 atom stereocenters. The van der Waals surface area contributed by atoms with Crippen molar-refractivity contribution < 1.29 is 4.79 Å². The molecule has 30 heavy (non-hydrogen) atoms. The van der Waals surface area contributed by atoms with E-state index in [-0.39, 0.29) is 5.91 Å². The molecule has 3 aromatic carbocycles. The minimum absolute atomic E-state index is 0.0544. The van der Waals surface area contributed by atoms with E-state index in [0.29, 0.717) is 0 Å². The zero-order valence-corrected chi connectivity index (χ0v) is 18.8. The molecule has 4 nitrogen and oxygen atoms in total. The van der Waals surface area contributed by atoms with Gasteiger partial charge in [0.1, 0.15) is 5.41 Å². The number of aromatic nitrogens is 2. The van der Waals surface area contributed by atoms with Crippen LogP contribution in [0.15, 0.2) is 82.0 Å². The van der Waals surface area contributed by atoms with Crippen molar-refractivity contribution >= 4 is 65.3 Å². The molecule has 1 unspecified atom stereocenters. The highest BCUT2D eigenvalue weighted by atomic mass is 79.9. The molecule has 6 heteroatoms. The molecule has 0 saturated heterocycles. The Morgan fingerprint density at radius 3 is 2.20 bits per heavy atom. The topological polar surface area (TPSA) is 60.7 Å². The summed E-state index contributed by atoms with van der Waals surface area (Å²) in [5.74, 6) is -0.0544. The number of carbonyl (C=O) groups is 1. The fourth-order valence-corrected chi connectivity index (χ4v) is 5.46. The maximum absolute atomic E-state index is 13.9. The Balaban J connectivity index is 1.80. The molecular weight excluding hydrogens is 506 g/mol. The van der Waals surface area contributed by atoms with E-state index in [9.17, 15) is 4.79 Å². The van der Waals surface area contributed by atoms with Crippen molar-refractivity contribution in [2.45, 2.75) is 5.41 Å². The van der Waals surface area contributed by atoms with Crippen LogP contribution < -0.4 is 5.32 Å². The van der Waals surface area contributed by atoms with E-state index < -0.39 is 5.41 Å². The molecule has 0 spiro atoms. The van der Waals surface area contributed by atoms with Gasteiger partial charge in [-0.3, -0.25) is 4.79 Å². The maximum atomic E-state index is 13.9. The largest absolute Gasteiger partial charge is 0.361 e. The smallest absolute Gasteiger partial charge is 0.244 e. The second kappa shape index (κ2) is 6.33. The zero-order valence-electron chi connectivity index (χ0n) is 15.6. The standard InChI is InChI=1S/C24H15Br2N3O/c25-13-5-7-21-16(9-13)19(12-28-21)24(18-11-27-20-4-2-1-3-15(18)20)17-10-14(26)6-8-22(17)29-23(24)30/h1-12,27-28H,(H,29,30). The van der Waals surface area contributed by atoms with Gasteiger partial charge in [0.05, 0.1) is 0 Å². The summed E-state index contributed by atoms with van der Waals surface area (Å²) in [5, 5.41) is 5.18. The molecule has 0 aliphatic carbocycles. The lowest BCUT2D eigenvalue weighted by atomic mass is 9.70. The predicted octanol–water partition coefficient (Wildman–Crippen LogP) is 6.46. The zero-order chi connectivity index (χ0) is 20.5. The summed E-state index contributed by atoms with van der Waals surface area (Å²) in [5.41, 5.74) is 4.64. The van der Waals surface area contributed by atoms with Gasteiger partial charge < -0.3 is 15.3 Å². The van der Waals surface area contributed by atoms with Crippen LogP contribution in [0.5, 0.6) is 0 Å². The van der Waals surface area contributed by atoms with Gasteiger partial charge in [0.15, 0.2) is 0 Å². The highest BCUT2D eigenvalue weighted by Gasteiger charge is 2.52. The van der Waals surface area contributed by atoms with Crippen LogP contribution in [0.4, 0.5) is 5.69 Å². The van der Waals surface area contributed by atoms with Crippen molar-refractivity contribution in [2.24, 2.45) is 0 Å². The van der Waals surface area contributed by atoms with Gasteiger partial charge in [-0.05, 0) is 42.5 Å². The first kappa shape index (κ1) is 18.0. The lowest BCUT2D eigenvalue weighted by Gasteiger charge is -2.28. The Morgan fingerprint density at radius 1 is 0.700 bits per heavy atom. The third kappa shape index (κ3) is 2.29. The Bertz CT molecular complexity index is 1480. The van der Waals surface area contributed by atoms with Gasteiger partial charge in [0.2, 0.25) is 5.91 Å². The van der Waals surface area contributed by atoms with Crippen molar-refractivity contribution in [1.82, 2.24) is 9.97 Å². The average Bonchev–Trinajstić information content (AvgIpc) is 3.42. The first-order valence-electron chi connectivity index (χ1n) is 9.54. The Morgan fingerprint density at radius 2 is 1.37 bits per heavy atom. The monoisotopic (exact) mass is 519 g/mol. The summed E-state index contributed by atoms with van der Waals surface area (Å²) in [6.45, 7) is 0. The Labute approximate surface area is 188 Å². The summed E-state index contributed by atoms with van der Waals surface area (Å²) >= 11 is 7.21. The van der Waals surface area contributed by atoms with Gasteiger partial charge in [-0.15, -0.1) is 0 Å². The van der Waals surface area contributed by atoms with Gasteiger partial charge in [0.25, 0.3) is 0 Å². The average molecular weight is 521 g/mol. The number of benzene rings is 3. The molecule has 6 rings (SSSR count). The number of anilines is 1. The lowest BCUT2D eigenvalue weighted by Crippen LogP contribution is -2.36. The van der Waals surface area contributed by atoms with E-state index >= 15 is 0 Å². The molecule has 1 aliphatic rings. The van der Waals surface area contributed by atoms with E-state index in [0.717, 1.165) is 53.1 Å². The van der Waals surface area contributed by atoms with Gasteiger partial charge in [0, 0.05) is 65.5 Å². The van der Waals surface area contributed by atoms with Crippen LogP contribution in [0, 0.1) is 0 Å². The second-order valence-corrected chi connectivity index (χ2v) is 9.37. The van der Waals surface area contributed by atoms with Crippen LogP contribution in [-0.4, -0.2) is 15.9 Å². The number of H-pyrrole nitrogens is 2. The van der Waals surface area contributed by atoms with Crippen LogP contribution in [0.25, 0.3) is 21.8 Å². The fraction of sp³-hybridized carbons (Fsp3) is 0.0417. The van der Waals surface area contributed by atoms with E-state index in [1.54, 1.807) is 0 Å². The molecule has 1 amide bonds. The minimum atomic E-state index is -0.988. The number of para-hydroxylation sites is 1. The minimum Gasteiger partial charge on any atom is -0.361 e. The quantitative estimate of drug-likeness (QED) is 0.246. The third-order valence-corrected chi connectivity index (χ3v) is 7.00. The van der Waals surface area contributed by atoms with Crippen LogP contribution in [0.3, 0.4) is 0 Å². The second-order valence-electron chi connectivity index (χ2n) is 7.53. The predicted molar refractivity (Wildman–Crippen MR) is 127 cm³/mol. The Kier molecular flexibility index (Phi) is 3.80. The highest BCUT2D eigenvalue weighted by Crippen LogP contribution is 2.52. The van der Waals surface area contributed by atoms with Crippen LogP contribution in [0.2, 0.25) is 0 Å². The number of fused-ring (bicyclic) bond motifs is 3. The first-order valence-corrected chi connectivity index (χ1v) is 11.1. The number of nitrogens with one attached hydrogen (secondary N) is 3. The molecule has 0 bridgehead atoms. The summed E-state index contributed by atoms with van der Waals surface area (Å²) < 4.78 is 1.90. The molecular formula is C24H15Br2N3O. The van der Waals surface area contributed by atoms with E-state index in [1.807, 2.05) is 60.9 Å². The van der Waals surface area contributed by atoms with Crippen LogP contribution in [0.1, 0.15) is 16.7 Å². The number of hydrogen-bond donors (Lipinski definition) is 3. The summed E-state index contributed by atoms with van der Waals surface area (Å²) in [4.78, 5) is 20.6. The van der Waals surface area contributed by atoms with Crippen molar-refractivity contribution in [3.63, 3.8) is 0 Å². The SMILES string of the molecule is O=C1Nc2ccc(Br)cc2C1(c1c[nH]c2ccccc12)c1c[nH]c2ccc(Br)cc12. The van der Waals surface area contributed by atoms with E-state index in [2.05, 4.69) is 59.3 Å². The van der Waals surface area contributed by atoms with Gasteiger partial charge in [-0.2, -0.15) is 0 Å². The molecule has 1 aliphatic heterocycles. The number of carbonyl (C=O) groups excluding carboxylic acids is 1. The third-order valence-electron chi connectivity index (χ3n) is 6.02. The molecule has 2 aromatic heterocycles. The fourth-order valence-electron chi connectivity index (χ4n) is 4.74. The molecule has 0 radical (unpaired) electrons. The molecule has 0 saturated carbocycles. The van der Waals surface area contributed by atoms with E-state index in [4.69, 9.17) is 0 Å². The highest BCUT2D eigenvalue weighted by molar-refractivity contribution is 9.10. The van der Waals surface area contributed by atoms with Gasteiger partial charge in [-0.25, -0.2) is 0 Å². The number of aromatic amines is 2. The van der Waals surface area contributed by atoms with Gasteiger partial charge in [-0.1, -0.05) is 50.1 Å². The number of rotatable bonds is 2. The normalized spacial score (nSPS) is 18.1. The summed E-state index contributed by atoms with van der Waals surface area (Å²) in [6, 6.07) is 20.2. The molecule has 0 fully saturated rings. The van der Waals surface area contributed by atoms with Crippen molar-refractivity contribution in [3.8, 4) is 0 Å². The Hall–Kier alpha value is -2.83. The van der Waals surface area contributed by atoms with Crippen molar-refractivity contribution in [3.05, 3.63) is 98.7 Å². The maximum Gasteiger partial charge on any atom is 0.244 e.